The Bertz CT molecular complexity index is 1120. The molecule has 1 aliphatic rings. The summed E-state index contributed by atoms with van der Waals surface area (Å²) in [5, 5.41) is 12.5. The maximum atomic E-state index is 15.2. The number of carbonyl (C=O) groups is 2. The van der Waals surface area contributed by atoms with Gasteiger partial charge >= 0.3 is 0 Å². The molecule has 2 atom stereocenters. The monoisotopic (exact) mass is 398 g/mol. The first-order valence-corrected chi connectivity index (χ1v) is 9.26. The molecular weight excluding hydrogens is 378 g/mol. The van der Waals surface area contributed by atoms with Gasteiger partial charge in [-0.25, -0.2) is 8.78 Å². The molecule has 1 aromatic carbocycles. The van der Waals surface area contributed by atoms with E-state index in [1.54, 1.807) is 13.8 Å². The number of benzene rings is 1. The van der Waals surface area contributed by atoms with Crippen LogP contribution in [-0.4, -0.2) is 22.8 Å². The summed E-state index contributed by atoms with van der Waals surface area (Å²) in [5.74, 6) is 0.449. The number of H-pyrrole nitrogens is 1. The predicted octanol–water partition coefficient (Wildman–Crippen LogP) is 2.89. The number of aromatic amines is 1. The minimum absolute atomic E-state index is 0.0310. The van der Waals surface area contributed by atoms with E-state index in [9.17, 15) is 19.2 Å². The highest BCUT2D eigenvalue weighted by molar-refractivity contribution is 6.08. The van der Waals surface area contributed by atoms with Crippen LogP contribution < -0.4 is 11.1 Å². The van der Waals surface area contributed by atoms with E-state index >= 15 is 4.39 Å². The molecule has 0 radical (unpaired) electrons. The Hall–Kier alpha value is -3.39. The maximum Gasteiger partial charge on any atom is 0.296 e. The van der Waals surface area contributed by atoms with E-state index in [0.29, 0.717) is 31.4 Å². The molecule has 1 saturated carbocycles. The molecule has 1 heterocycles. The lowest BCUT2D eigenvalue weighted by Crippen LogP contribution is -2.37. The number of nitriles is 1. The topological polar surface area (TPSA) is 112 Å². The van der Waals surface area contributed by atoms with E-state index in [-0.39, 0.29) is 28.1 Å². The SMILES string of the molecule is CC#CC(=O)NC1CCC[C@@H](c2c(F)c(F)c(C(N)=O)c3[nH]c(C)c(C#N)c23)C1. The van der Waals surface area contributed by atoms with Crippen molar-refractivity contribution in [3.05, 3.63) is 34.0 Å². The van der Waals surface area contributed by atoms with Crippen molar-refractivity contribution >= 4 is 22.7 Å². The molecule has 1 fully saturated rings. The van der Waals surface area contributed by atoms with Crippen molar-refractivity contribution < 1.29 is 18.4 Å². The Morgan fingerprint density at radius 2 is 2.00 bits per heavy atom. The zero-order chi connectivity index (χ0) is 21.3. The number of rotatable bonds is 3. The van der Waals surface area contributed by atoms with Crippen LogP contribution in [0.1, 0.15) is 65.7 Å². The Morgan fingerprint density at radius 3 is 2.62 bits per heavy atom. The molecular formula is C21H20F2N4O2. The average molecular weight is 398 g/mol. The van der Waals surface area contributed by atoms with Gasteiger partial charge in [-0.15, -0.1) is 0 Å². The highest BCUT2D eigenvalue weighted by Gasteiger charge is 2.33. The molecule has 0 aliphatic heterocycles. The third-order valence-electron chi connectivity index (χ3n) is 5.37. The van der Waals surface area contributed by atoms with Crippen LogP contribution in [0.25, 0.3) is 10.9 Å². The second-order valence-electron chi connectivity index (χ2n) is 7.18. The standard InChI is InChI=1S/C21H20F2N4O2/c1-3-5-14(28)27-12-7-4-6-11(8-12)15-16-13(9-24)10(2)26-20(16)17(21(25)29)19(23)18(15)22/h11-12,26H,4,6-8H2,1-2H3,(H2,25,29)(H,27,28)/t11-,12?/m1/s1. The van der Waals surface area contributed by atoms with E-state index in [1.807, 2.05) is 6.07 Å². The number of amides is 2. The largest absolute Gasteiger partial charge is 0.365 e. The van der Waals surface area contributed by atoms with Crippen molar-refractivity contribution in [1.82, 2.24) is 10.3 Å². The number of nitrogens with zero attached hydrogens (tertiary/aromatic N) is 1. The molecule has 1 aromatic heterocycles. The van der Waals surface area contributed by atoms with Crippen molar-refractivity contribution in [1.29, 1.82) is 5.26 Å². The Balaban J connectivity index is 2.16. The van der Waals surface area contributed by atoms with Gasteiger partial charge in [0.05, 0.1) is 11.1 Å². The summed E-state index contributed by atoms with van der Waals surface area (Å²) in [5.41, 5.74) is 5.31. The molecule has 6 nitrogen and oxygen atoms in total. The zero-order valence-electron chi connectivity index (χ0n) is 16.1. The van der Waals surface area contributed by atoms with Crippen LogP contribution in [-0.2, 0) is 4.79 Å². The fourth-order valence-electron chi connectivity index (χ4n) is 4.20. The zero-order valence-corrected chi connectivity index (χ0v) is 16.1. The van der Waals surface area contributed by atoms with Gasteiger partial charge in [0.1, 0.15) is 11.6 Å². The van der Waals surface area contributed by atoms with E-state index in [4.69, 9.17) is 5.73 Å². The van der Waals surface area contributed by atoms with E-state index in [0.717, 1.165) is 0 Å². The van der Waals surface area contributed by atoms with Gasteiger partial charge in [-0.2, -0.15) is 5.26 Å². The number of hydrogen-bond acceptors (Lipinski definition) is 3. The third-order valence-corrected chi connectivity index (χ3v) is 5.37. The molecule has 0 spiro atoms. The average Bonchev–Trinajstić information content (AvgIpc) is 2.97. The van der Waals surface area contributed by atoms with Crippen LogP contribution in [0.5, 0.6) is 0 Å². The lowest BCUT2D eigenvalue weighted by atomic mass is 9.79. The van der Waals surface area contributed by atoms with Gasteiger partial charge in [0, 0.05) is 22.7 Å². The molecule has 0 saturated heterocycles. The normalized spacial score (nSPS) is 18.6. The number of nitrogens with one attached hydrogen (secondary N) is 2. The molecule has 8 heteroatoms. The van der Waals surface area contributed by atoms with Crippen molar-refractivity contribution in [2.45, 2.75) is 51.5 Å². The van der Waals surface area contributed by atoms with Crippen molar-refractivity contribution in [3.63, 3.8) is 0 Å². The second-order valence-corrected chi connectivity index (χ2v) is 7.18. The summed E-state index contributed by atoms with van der Waals surface area (Å²) in [6.45, 7) is 3.15. The van der Waals surface area contributed by atoms with Gasteiger partial charge in [-0.1, -0.05) is 12.3 Å². The van der Waals surface area contributed by atoms with E-state index in [2.05, 4.69) is 22.1 Å². The summed E-state index contributed by atoms with van der Waals surface area (Å²) < 4.78 is 29.9. The van der Waals surface area contributed by atoms with Crippen LogP contribution in [0.3, 0.4) is 0 Å². The first-order chi connectivity index (χ1) is 13.8. The predicted molar refractivity (Wildman–Crippen MR) is 103 cm³/mol. The minimum Gasteiger partial charge on any atom is -0.365 e. The number of halogens is 2. The van der Waals surface area contributed by atoms with E-state index in [1.165, 1.54) is 0 Å². The Kier molecular flexibility index (Phi) is 5.56. The van der Waals surface area contributed by atoms with Gasteiger partial charge < -0.3 is 16.0 Å². The summed E-state index contributed by atoms with van der Waals surface area (Å²) in [6, 6.07) is 1.76. The van der Waals surface area contributed by atoms with Gasteiger partial charge in [-0.3, -0.25) is 9.59 Å². The molecule has 1 aliphatic carbocycles. The van der Waals surface area contributed by atoms with Crippen molar-refractivity contribution in [2.75, 3.05) is 0 Å². The molecule has 29 heavy (non-hydrogen) atoms. The second kappa shape index (κ2) is 7.92. The number of nitrogens with two attached hydrogens (primary N) is 1. The first-order valence-electron chi connectivity index (χ1n) is 9.26. The van der Waals surface area contributed by atoms with Crippen LogP contribution in [0.15, 0.2) is 0 Å². The first kappa shape index (κ1) is 20.3. The number of aromatic nitrogens is 1. The molecule has 2 aromatic rings. The highest BCUT2D eigenvalue weighted by Crippen LogP contribution is 2.42. The third kappa shape index (κ3) is 3.54. The van der Waals surface area contributed by atoms with Crippen LogP contribution in [0.4, 0.5) is 8.78 Å². The van der Waals surface area contributed by atoms with Gasteiger partial charge in [0.15, 0.2) is 11.6 Å². The van der Waals surface area contributed by atoms with Crippen molar-refractivity contribution in [3.8, 4) is 17.9 Å². The Labute approximate surface area is 166 Å². The number of carbonyl (C=O) groups excluding carboxylic acids is 2. The van der Waals surface area contributed by atoms with Crippen molar-refractivity contribution in [2.24, 2.45) is 5.73 Å². The van der Waals surface area contributed by atoms with Crippen LogP contribution in [0.2, 0.25) is 0 Å². The lowest BCUT2D eigenvalue weighted by Gasteiger charge is -2.30. The molecule has 3 rings (SSSR count). The quantitative estimate of drug-likeness (QED) is 0.691. The van der Waals surface area contributed by atoms with Crippen LogP contribution in [0, 0.1) is 41.7 Å². The summed E-state index contributed by atoms with van der Waals surface area (Å²) in [6.07, 6.45) is 2.30. The summed E-state index contributed by atoms with van der Waals surface area (Å²) in [4.78, 5) is 26.4. The molecule has 2 amide bonds. The minimum atomic E-state index is -1.33. The molecule has 150 valence electrons. The number of aryl methyl sites for hydroxylation is 1. The maximum absolute atomic E-state index is 15.2. The van der Waals surface area contributed by atoms with Gasteiger partial charge in [0.2, 0.25) is 0 Å². The molecule has 0 bridgehead atoms. The fraction of sp³-hybridized carbons (Fsp3) is 0.381. The molecule has 1 unspecified atom stereocenters. The van der Waals surface area contributed by atoms with E-state index < -0.39 is 34.9 Å². The molecule has 4 N–H and O–H groups in total. The Morgan fingerprint density at radius 1 is 1.28 bits per heavy atom. The fourth-order valence-corrected chi connectivity index (χ4v) is 4.20. The number of fused-ring (bicyclic) bond motifs is 1. The van der Waals surface area contributed by atoms with Crippen LogP contribution >= 0.6 is 0 Å². The lowest BCUT2D eigenvalue weighted by molar-refractivity contribution is -0.116. The highest BCUT2D eigenvalue weighted by atomic mass is 19.2. The van der Waals surface area contributed by atoms with Gasteiger partial charge in [-0.05, 0) is 44.9 Å². The van der Waals surface area contributed by atoms with Gasteiger partial charge in [0.25, 0.3) is 11.8 Å². The smallest absolute Gasteiger partial charge is 0.296 e. The number of hydrogen-bond donors (Lipinski definition) is 3. The number of primary amides is 1. The summed E-state index contributed by atoms with van der Waals surface area (Å²) in [7, 11) is 0. The summed E-state index contributed by atoms with van der Waals surface area (Å²) >= 11 is 0.